The molecule has 2 N–H and O–H groups in total. The highest BCUT2D eigenvalue weighted by atomic mass is 32.2. The summed E-state index contributed by atoms with van der Waals surface area (Å²) in [5, 5.41) is 2.99. The molecule has 2 saturated heterocycles. The Kier molecular flexibility index (Phi) is 5.22. The Morgan fingerprint density at radius 1 is 1.32 bits per heavy atom. The van der Waals surface area contributed by atoms with Crippen molar-refractivity contribution in [2.45, 2.75) is 31.9 Å². The lowest BCUT2D eigenvalue weighted by molar-refractivity contribution is 0.110. The summed E-state index contributed by atoms with van der Waals surface area (Å²) in [5.74, 6) is 1.65. The van der Waals surface area contributed by atoms with Gasteiger partial charge in [-0.2, -0.15) is 0 Å². The van der Waals surface area contributed by atoms with Gasteiger partial charge in [0.25, 0.3) is 0 Å². The predicted octanol–water partition coefficient (Wildman–Crippen LogP) is 0.246. The van der Waals surface area contributed by atoms with E-state index in [0.717, 1.165) is 31.5 Å². The highest BCUT2D eigenvalue weighted by molar-refractivity contribution is 7.90. The van der Waals surface area contributed by atoms with Crippen molar-refractivity contribution in [3.05, 3.63) is 0 Å². The van der Waals surface area contributed by atoms with Crippen LogP contribution in [0.15, 0.2) is 0 Å². The molecule has 2 aliphatic heterocycles. The first kappa shape index (κ1) is 15.2. The van der Waals surface area contributed by atoms with E-state index in [1.54, 1.807) is 13.8 Å². The van der Waals surface area contributed by atoms with E-state index >= 15 is 0 Å². The fraction of sp³-hybridized carbons (Fsp3) is 1.00. The van der Waals surface area contributed by atoms with Crippen molar-refractivity contribution in [3.8, 4) is 0 Å². The molecule has 0 radical (unpaired) electrons. The predicted molar refractivity (Wildman–Crippen MR) is 77.6 cm³/mol. The molecule has 1 atom stereocenters. The minimum Gasteiger partial charge on any atom is -0.316 e. The second-order valence-corrected chi connectivity index (χ2v) is 8.43. The van der Waals surface area contributed by atoms with Crippen LogP contribution < -0.4 is 10.0 Å². The van der Waals surface area contributed by atoms with Crippen LogP contribution in [0.1, 0.15) is 26.7 Å². The smallest absolute Gasteiger partial charge is 0.213 e. The number of hydrogen-bond acceptors (Lipinski definition) is 4. The van der Waals surface area contributed by atoms with Gasteiger partial charge in [-0.05, 0) is 58.2 Å². The molecule has 112 valence electrons. The fourth-order valence-corrected chi connectivity index (χ4v) is 3.55. The zero-order valence-electron chi connectivity index (χ0n) is 12.1. The third-order valence-corrected chi connectivity index (χ3v) is 6.22. The number of sulfonamides is 1. The third-order valence-electron chi connectivity index (χ3n) is 4.37. The average molecular weight is 289 g/mol. The number of likely N-dealkylation sites (tertiary alicyclic amines) is 1. The quantitative estimate of drug-likeness (QED) is 0.736. The van der Waals surface area contributed by atoms with Crippen molar-refractivity contribution >= 4 is 10.0 Å². The molecule has 0 bridgehead atoms. The van der Waals surface area contributed by atoms with E-state index in [1.165, 1.54) is 25.9 Å². The van der Waals surface area contributed by atoms with Crippen LogP contribution in [0.4, 0.5) is 0 Å². The van der Waals surface area contributed by atoms with Crippen LogP contribution in [0.25, 0.3) is 0 Å². The number of nitrogens with one attached hydrogen (secondary N) is 2. The lowest BCUT2D eigenvalue weighted by atomic mass is 9.82. The Morgan fingerprint density at radius 3 is 2.63 bits per heavy atom. The van der Waals surface area contributed by atoms with E-state index in [1.807, 2.05) is 0 Å². The highest BCUT2D eigenvalue weighted by Crippen LogP contribution is 2.26. The van der Waals surface area contributed by atoms with E-state index < -0.39 is 10.0 Å². The van der Waals surface area contributed by atoms with Crippen LogP contribution in [-0.4, -0.2) is 57.8 Å². The average Bonchev–Trinajstić information content (AvgIpc) is 2.26. The number of nitrogens with zero attached hydrogens (tertiary/aromatic N) is 1. The standard InChI is InChI=1S/C13H27N3O2S/c1-11(2)19(17,18)15-5-7-16-6-3-4-12(10-16)13-8-14-9-13/h11-15H,3-10H2,1-2H3/t12-/m0/s1. The normalized spacial score (nSPS) is 26.6. The first-order valence-corrected chi connectivity index (χ1v) is 8.95. The maximum absolute atomic E-state index is 11.7. The molecule has 0 aromatic heterocycles. The molecular formula is C13H27N3O2S. The first-order valence-electron chi connectivity index (χ1n) is 7.40. The summed E-state index contributed by atoms with van der Waals surface area (Å²) in [7, 11) is -3.11. The van der Waals surface area contributed by atoms with Crippen molar-refractivity contribution in [2.24, 2.45) is 11.8 Å². The molecule has 0 saturated carbocycles. The lowest BCUT2D eigenvalue weighted by Gasteiger charge is -2.41. The van der Waals surface area contributed by atoms with Crippen molar-refractivity contribution in [1.29, 1.82) is 0 Å². The van der Waals surface area contributed by atoms with Gasteiger partial charge in [-0.3, -0.25) is 0 Å². The van der Waals surface area contributed by atoms with Gasteiger partial charge in [-0.1, -0.05) is 0 Å². The Labute approximate surface area is 117 Å². The largest absolute Gasteiger partial charge is 0.316 e. The molecule has 5 nitrogen and oxygen atoms in total. The molecule has 0 aliphatic carbocycles. The molecule has 0 unspecified atom stereocenters. The summed E-state index contributed by atoms with van der Waals surface area (Å²) in [5.41, 5.74) is 0. The van der Waals surface area contributed by atoms with Crippen molar-refractivity contribution < 1.29 is 8.42 Å². The molecule has 6 heteroatoms. The monoisotopic (exact) mass is 289 g/mol. The molecule has 0 aromatic carbocycles. The van der Waals surface area contributed by atoms with Gasteiger partial charge in [0.2, 0.25) is 10.0 Å². The Balaban J connectivity index is 1.71. The van der Waals surface area contributed by atoms with E-state index in [2.05, 4.69) is 14.9 Å². The fourth-order valence-electron chi connectivity index (χ4n) is 2.84. The van der Waals surface area contributed by atoms with Gasteiger partial charge in [0, 0.05) is 19.6 Å². The maximum Gasteiger partial charge on any atom is 0.213 e. The molecule has 19 heavy (non-hydrogen) atoms. The molecule has 0 spiro atoms. The molecule has 2 fully saturated rings. The molecule has 0 aromatic rings. The van der Waals surface area contributed by atoms with Crippen LogP contribution in [-0.2, 0) is 10.0 Å². The van der Waals surface area contributed by atoms with E-state index in [0.29, 0.717) is 6.54 Å². The van der Waals surface area contributed by atoms with Crippen LogP contribution in [0.5, 0.6) is 0 Å². The molecule has 0 amide bonds. The van der Waals surface area contributed by atoms with Gasteiger partial charge in [0.15, 0.2) is 0 Å². The number of hydrogen-bond donors (Lipinski definition) is 2. The van der Waals surface area contributed by atoms with Gasteiger partial charge in [-0.25, -0.2) is 13.1 Å². The number of piperidine rings is 1. The third kappa shape index (κ3) is 4.15. The zero-order valence-corrected chi connectivity index (χ0v) is 12.9. The van der Waals surface area contributed by atoms with Crippen LogP contribution in [0.2, 0.25) is 0 Å². The van der Waals surface area contributed by atoms with E-state index in [4.69, 9.17) is 0 Å². The SMILES string of the molecule is CC(C)S(=O)(=O)NCCN1CCC[C@H](C2CNC2)C1. The summed E-state index contributed by atoms with van der Waals surface area (Å²) in [6, 6.07) is 0. The minimum absolute atomic E-state index is 0.345. The second kappa shape index (κ2) is 6.52. The van der Waals surface area contributed by atoms with Gasteiger partial charge < -0.3 is 10.2 Å². The topological polar surface area (TPSA) is 61.4 Å². The van der Waals surface area contributed by atoms with Gasteiger partial charge in [0.05, 0.1) is 5.25 Å². The lowest BCUT2D eigenvalue weighted by Crippen LogP contribution is -2.51. The van der Waals surface area contributed by atoms with Gasteiger partial charge in [0.1, 0.15) is 0 Å². The van der Waals surface area contributed by atoms with Crippen molar-refractivity contribution in [2.75, 3.05) is 39.3 Å². The first-order chi connectivity index (χ1) is 8.99. The molecule has 2 rings (SSSR count). The van der Waals surface area contributed by atoms with E-state index in [9.17, 15) is 8.42 Å². The maximum atomic E-state index is 11.7. The Bertz CT molecular complexity index is 379. The van der Waals surface area contributed by atoms with Gasteiger partial charge >= 0.3 is 0 Å². The van der Waals surface area contributed by atoms with Crippen LogP contribution >= 0.6 is 0 Å². The Hall–Kier alpha value is -0.170. The summed E-state index contributed by atoms with van der Waals surface area (Å²) in [4.78, 5) is 2.41. The summed E-state index contributed by atoms with van der Waals surface area (Å²) in [6.07, 6.45) is 2.58. The van der Waals surface area contributed by atoms with Gasteiger partial charge in [-0.15, -0.1) is 0 Å². The van der Waals surface area contributed by atoms with Crippen LogP contribution in [0.3, 0.4) is 0 Å². The zero-order chi connectivity index (χ0) is 13.9. The summed E-state index contributed by atoms with van der Waals surface area (Å²) >= 11 is 0. The molecule has 2 heterocycles. The van der Waals surface area contributed by atoms with Crippen molar-refractivity contribution in [1.82, 2.24) is 14.9 Å². The highest BCUT2D eigenvalue weighted by Gasteiger charge is 2.30. The molecular weight excluding hydrogens is 262 g/mol. The van der Waals surface area contributed by atoms with Crippen molar-refractivity contribution in [3.63, 3.8) is 0 Å². The summed E-state index contributed by atoms with van der Waals surface area (Å²) in [6.45, 7) is 9.37. The second-order valence-electron chi connectivity index (χ2n) is 6.11. The van der Waals surface area contributed by atoms with E-state index in [-0.39, 0.29) is 5.25 Å². The molecule has 2 aliphatic rings. The summed E-state index contributed by atoms with van der Waals surface area (Å²) < 4.78 is 26.0. The van der Waals surface area contributed by atoms with Crippen LogP contribution in [0, 0.1) is 11.8 Å². The number of rotatable bonds is 6. The minimum atomic E-state index is -3.11. The Morgan fingerprint density at radius 2 is 2.05 bits per heavy atom.